The molecule has 0 fully saturated rings. The van der Waals surface area contributed by atoms with Gasteiger partial charge in [0.15, 0.2) is 6.10 Å². The van der Waals surface area contributed by atoms with Crippen molar-refractivity contribution in [2.24, 2.45) is 0 Å². The van der Waals surface area contributed by atoms with Crippen molar-refractivity contribution in [3.63, 3.8) is 0 Å². The summed E-state index contributed by atoms with van der Waals surface area (Å²) in [5, 5.41) is 4.74. The molecule has 8 heteroatoms. The second-order valence-corrected chi connectivity index (χ2v) is 7.29. The van der Waals surface area contributed by atoms with Gasteiger partial charge in [0.2, 0.25) is 0 Å². The Morgan fingerprint density at radius 1 is 1.17 bits per heavy atom. The van der Waals surface area contributed by atoms with Gasteiger partial charge in [0.05, 0.1) is 17.8 Å². The van der Waals surface area contributed by atoms with E-state index in [0.717, 1.165) is 34.3 Å². The fourth-order valence-corrected chi connectivity index (χ4v) is 3.31. The minimum atomic E-state index is -1.18. The number of benzene rings is 2. The lowest BCUT2D eigenvalue weighted by atomic mass is 10.2. The Balaban J connectivity index is 1.56. The third kappa shape index (κ3) is 5.45. The van der Waals surface area contributed by atoms with Crippen LogP contribution in [0.3, 0.4) is 0 Å². The van der Waals surface area contributed by atoms with E-state index in [1.54, 1.807) is 5.38 Å². The number of aromatic nitrogens is 1. The highest BCUT2D eigenvalue weighted by Crippen LogP contribution is 2.24. The monoisotopic (exact) mass is 416 g/mol. The molecule has 2 aromatic carbocycles. The second kappa shape index (κ2) is 8.91. The Kier molecular flexibility index (Phi) is 6.33. The van der Waals surface area contributed by atoms with Crippen molar-refractivity contribution in [3.8, 4) is 10.6 Å². The van der Waals surface area contributed by atoms with E-state index in [4.69, 9.17) is 4.74 Å². The zero-order chi connectivity index (χ0) is 21.0. The predicted molar refractivity (Wildman–Crippen MR) is 107 cm³/mol. The zero-order valence-electron chi connectivity index (χ0n) is 15.7. The van der Waals surface area contributed by atoms with Crippen LogP contribution < -0.4 is 5.32 Å². The number of amides is 1. The smallest absolute Gasteiger partial charge is 0.312 e. The first-order valence-corrected chi connectivity index (χ1v) is 9.66. The molecule has 0 saturated carbocycles. The zero-order valence-corrected chi connectivity index (χ0v) is 16.6. The molecular weight excluding hydrogens is 398 g/mol. The molecule has 0 aliphatic rings. The van der Waals surface area contributed by atoms with E-state index in [2.05, 4.69) is 10.3 Å². The Morgan fingerprint density at radius 2 is 1.90 bits per heavy atom. The van der Waals surface area contributed by atoms with Crippen LogP contribution in [0.5, 0.6) is 0 Å². The van der Waals surface area contributed by atoms with Gasteiger partial charge in [-0.15, -0.1) is 11.3 Å². The van der Waals surface area contributed by atoms with Crippen molar-refractivity contribution >= 4 is 28.9 Å². The number of anilines is 1. The number of hydrogen-bond donors (Lipinski definition) is 1. The summed E-state index contributed by atoms with van der Waals surface area (Å²) in [5.74, 6) is -2.89. The summed E-state index contributed by atoms with van der Waals surface area (Å²) in [4.78, 5) is 28.6. The van der Waals surface area contributed by atoms with Gasteiger partial charge >= 0.3 is 5.97 Å². The molecule has 0 aliphatic carbocycles. The van der Waals surface area contributed by atoms with Crippen LogP contribution >= 0.6 is 11.3 Å². The number of thiazole rings is 1. The largest absolute Gasteiger partial charge is 0.452 e. The molecule has 1 amide bonds. The van der Waals surface area contributed by atoms with Crippen LogP contribution in [0.4, 0.5) is 14.5 Å². The van der Waals surface area contributed by atoms with Gasteiger partial charge in [0.25, 0.3) is 5.91 Å². The maximum Gasteiger partial charge on any atom is 0.312 e. The van der Waals surface area contributed by atoms with Crippen LogP contribution in [0.1, 0.15) is 18.2 Å². The summed E-state index contributed by atoms with van der Waals surface area (Å²) in [6.07, 6.45) is -1.28. The quantitative estimate of drug-likeness (QED) is 0.601. The number of halogens is 2. The molecule has 0 unspecified atom stereocenters. The van der Waals surface area contributed by atoms with Crippen molar-refractivity contribution in [1.29, 1.82) is 0 Å². The van der Waals surface area contributed by atoms with Crippen LogP contribution in [0.25, 0.3) is 10.6 Å². The number of aryl methyl sites for hydroxylation is 1. The highest BCUT2D eigenvalue weighted by Gasteiger charge is 2.20. The number of rotatable bonds is 6. The molecule has 0 radical (unpaired) electrons. The fraction of sp³-hybridized carbons (Fsp3) is 0.190. The van der Waals surface area contributed by atoms with Gasteiger partial charge in [-0.05, 0) is 26.0 Å². The summed E-state index contributed by atoms with van der Waals surface area (Å²) >= 11 is 1.41. The van der Waals surface area contributed by atoms with Crippen LogP contribution in [0.15, 0.2) is 47.8 Å². The molecule has 3 rings (SSSR count). The molecule has 3 aromatic rings. The van der Waals surface area contributed by atoms with Gasteiger partial charge in [-0.1, -0.05) is 29.8 Å². The summed E-state index contributed by atoms with van der Waals surface area (Å²) in [7, 11) is 0. The van der Waals surface area contributed by atoms with Crippen molar-refractivity contribution < 1.29 is 23.1 Å². The van der Waals surface area contributed by atoms with E-state index < -0.39 is 29.6 Å². The number of nitrogens with one attached hydrogen (secondary N) is 1. The van der Waals surface area contributed by atoms with Gasteiger partial charge in [-0.25, -0.2) is 13.8 Å². The molecule has 1 atom stereocenters. The van der Waals surface area contributed by atoms with Gasteiger partial charge in [-0.3, -0.25) is 9.59 Å². The molecule has 0 aliphatic heterocycles. The van der Waals surface area contributed by atoms with E-state index in [0.29, 0.717) is 5.69 Å². The van der Waals surface area contributed by atoms with Gasteiger partial charge in [-0.2, -0.15) is 0 Å². The second-order valence-electron chi connectivity index (χ2n) is 6.43. The molecular formula is C21H18F2N2O3S. The molecule has 1 heterocycles. The first-order chi connectivity index (χ1) is 13.8. The van der Waals surface area contributed by atoms with Crippen molar-refractivity contribution in [1.82, 2.24) is 4.98 Å². The normalized spacial score (nSPS) is 11.7. The Bertz CT molecular complexity index is 1030. The van der Waals surface area contributed by atoms with Crippen LogP contribution in [0.2, 0.25) is 0 Å². The van der Waals surface area contributed by atoms with E-state index in [9.17, 15) is 18.4 Å². The first-order valence-electron chi connectivity index (χ1n) is 8.78. The van der Waals surface area contributed by atoms with Crippen LogP contribution in [-0.2, 0) is 20.7 Å². The highest BCUT2D eigenvalue weighted by atomic mass is 32.1. The molecule has 1 aromatic heterocycles. The number of esters is 1. The fourth-order valence-electron chi connectivity index (χ4n) is 2.48. The third-order valence-electron chi connectivity index (χ3n) is 4.04. The summed E-state index contributed by atoms with van der Waals surface area (Å²) in [5.41, 5.74) is 2.30. The Hall–Kier alpha value is -3.13. The number of ether oxygens (including phenoxy) is 1. The Morgan fingerprint density at radius 3 is 2.62 bits per heavy atom. The van der Waals surface area contributed by atoms with Gasteiger partial charge < -0.3 is 10.1 Å². The highest BCUT2D eigenvalue weighted by molar-refractivity contribution is 7.13. The van der Waals surface area contributed by atoms with Gasteiger partial charge in [0.1, 0.15) is 16.6 Å². The van der Waals surface area contributed by atoms with E-state index in [1.165, 1.54) is 18.3 Å². The van der Waals surface area contributed by atoms with Crippen LogP contribution in [0, 0.1) is 18.6 Å². The molecule has 1 N–H and O–H groups in total. The lowest BCUT2D eigenvalue weighted by Crippen LogP contribution is -2.30. The SMILES string of the molecule is Cc1ccc(-c2nc(CC(=O)O[C@H](C)C(=O)Nc3cc(F)ccc3F)cs2)cc1. The Labute approximate surface area is 170 Å². The number of carbonyl (C=O) groups excluding carboxylic acids is 2. The molecule has 29 heavy (non-hydrogen) atoms. The van der Waals surface area contributed by atoms with Gasteiger partial charge in [0, 0.05) is 17.0 Å². The lowest BCUT2D eigenvalue weighted by molar-refractivity contribution is -0.152. The molecule has 0 spiro atoms. The summed E-state index contributed by atoms with van der Waals surface area (Å²) < 4.78 is 31.9. The predicted octanol–water partition coefficient (Wildman–Crippen LogP) is 4.51. The lowest BCUT2D eigenvalue weighted by Gasteiger charge is -2.13. The maximum absolute atomic E-state index is 13.6. The molecule has 0 bridgehead atoms. The minimum absolute atomic E-state index is 0.103. The number of nitrogens with zero attached hydrogens (tertiary/aromatic N) is 1. The average Bonchev–Trinajstić information content (AvgIpc) is 3.13. The van der Waals surface area contributed by atoms with Crippen LogP contribution in [-0.4, -0.2) is 23.0 Å². The van der Waals surface area contributed by atoms with E-state index in [1.807, 2.05) is 31.2 Å². The standard InChI is InChI=1S/C21H18F2N2O3S/c1-12-3-5-14(6-4-12)21-24-16(11-29-21)10-19(26)28-13(2)20(27)25-18-9-15(22)7-8-17(18)23/h3-9,11,13H,10H2,1-2H3,(H,25,27)/t13-/m1/s1. The van der Waals surface area contributed by atoms with Crippen molar-refractivity contribution in [3.05, 3.63) is 70.7 Å². The molecule has 5 nitrogen and oxygen atoms in total. The molecule has 0 saturated heterocycles. The number of hydrogen-bond acceptors (Lipinski definition) is 5. The molecule has 150 valence electrons. The topological polar surface area (TPSA) is 68.3 Å². The number of carbonyl (C=O) groups is 2. The van der Waals surface area contributed by atoms with Crippen molar-refractivity contribution in [2.45, 2.75) is 26.4 Å². The maximum atomic E-state index is 13.6. The average molecular weight is 416 g/mol. The summed E-state index contributed by atoms with van der Waals surface area (Å²) in [6, 6.07) is 10.5. The van der Waals surface area contributed by atoms with Crippen molar-refractivity contribution in [2.75, 3.05) is 5.32 Å². The first kappa shape index (κ1) is 20.6. The van der Waals surface area contributed by atoms with E-state index in [-0.39, 0.29) is 12.1 Å². The summed E-state index contributed by atoms with van der Waals surface area (Å²) in [6.45, 7) is 3.34. The van der Waals surface area contributed by atoms with E-state index >= 15 is 0 Å². The minimum Gasteiger partial charge on any atom is -0.452 e. The third-order valence-corrected chi connectivity index (χ3v) is 4.98.